The molecule has 3 heterocycles. The number of carbonyl (C=O) groups is 2. The highest BCUT2D eigenvalue weighted by Crippen LogP contribution is 2.43. The lowest BCUT2D eigenvalue weighted by molar-refractivity contribution is -0.320. The zero-order valence-corrected chi connectivity index (χ0v) is 20.9. The van der Waals surface area contributed by atoms with Gasteiger partial charge in [-0.15, -0.1) is 5.10 Å². The summed E-state index contributed by atoms with van der Waals surface area (Å²) in [5.41, 5.74) is 0.881. The number of carbonyl (C=O) groups excluding carboxylic acids is 2. The molecule has 1 aromatic rings. The lowest BCUT2D eigenvalue weighted by Gasteiger charge is -2.45. The molecule has 8 heteroatoms. The lowest BCUT2D eigenvalue weighted by atomic mass is 9.92. The van der Waals surface area contributed by atoms with Gasteiger partial charge in [0.2, 0.25) is 0 Å². The Hall–Kier alpha value is -1.64. The second-order valence-electron chi connectivity index (χ2n) is 10.1. The van der Waals surface area contributed by atoms with Crippen molar-refractivity contribution in [2.75, 3.05) is 6.61 Å². The van der Waals surface area contributed by atoms with Crippen LogP contribution >= 0.6 is 0 Å². The molecule has 2 saturated heterocycles. The molecule has 192 valence electrons. The number of aliphatic hydroxyl groups is 1. The van der Waals surface area contributed by atoms with E-state index >= 15 is 0 Å². The molecule has 1 spiro atoms. The van der Waals surface area contributed by atoms with Gasteiger partial charge in [-0.1, -0.05) is 37.3 Å². The first kappa shape index (κ1) is 27.0. The summed E-state index contributed by atoms with van der Waals surface area (Å²) in [7, 11) is 0. The SMILES string of the molecule is CC(=O)CCC(=O)CCCCCCCCCn1cc([C@@H]2CCC[C@]3(CCC[C@@H](CO)O3)O2)nn1. The lowest BCUT2D eigenvalue weighted by Crippen LogP contribution is -2.47. The normalized spacial score (nSPS) is 25.0. The van der Waals surface area contributed by atoms with E-state index in [4.69, 9.17) is 9.47 Å². The number of aliphatic hydroxyl groups excluding tert-OH is 1. The first-order chi connectivity index (χ1) is 16.5. The number of nitrogens with zero attached hydrogens (tertiary/aromatic N) is 3. The number of hydrogen-bond donors (Lipinski definition) is 1. The highest BCUT2D eigenvalue weighted by atomic mass is 16.7. The molecule has 0 unspecified atom stereocenters. The third kappa shape index (κ3) is 8.86. The summed E-state index contributed by atoms with van der Waals surface area (Å²) in [4.78, 5) is 22.6. The first-order valence-corrected chi connectivity index (χ1v) is 13.4. The minimum atomic E-state index is -0.569. The molecule has 3 rings (SSSR count). The highest BCUT2D eigenvalue weighted by Gasteiger charge is 2.43. The number of aromatic nitrogens is 3. The van der Waals surface area contributed by atoms with Gasteiger partial charge in [0.1, 0.15) is 23.4 Å². The number of unbranched alkanes of at least 4 members (excludes halogenated alkanes) is 6. The van der Waals surface area contributed by atoms with Gasteiger partial charge >= 0.3 is 0 Å². The van der Waals surface area contributed by atoms with Crippen LogP contribution < -0.4 is 0 Å². The van der Waals surface area contributed by atoms with Crippen molar-refractivity contribution in [3.8, 4) is 0 Å². The third-order valence-corrected chi connectivity index (χ3v) is 7.03. The van der Waals surface area contributed by atoms with Crippen LogP contribution in [0.5, 0.6) is 0 Å². The highest BCUT2D eigenvalue weighted by molar-refractivity contribution is 5.84. The van der Waals surface area contributed by atoms with Crippen molar-refractivity contribution in [2.24, 2.45) is 0 Å². The molecule has 2 aliphatic heterocycles. The Labute approximate surface area is 203 Å². The largest absolute Gasteiger partial charge is 0.394 e. The molecule has 1 aromatic heterocycles. The van der Waals surface area contributed by atoms with Crippen LogP contribution in [0.4, 0.5) is 0 Å². The van der Waals surface area contributed by atoms with Gasteiger partial charge in [0.05, 0.1) is 18.9 Å². The fourth-order valence-electron chi connectivity index (χ4n) is 5.05. The number of ketones is 2. The van der Waals surface area contributed by atoms with Crippen molar-refractivity contribution in [3.63, 3.8) is 0 Å². The molecule has 1 N–H and O–H groups in total. The second-order valence-corrected chi connectivity index (χ2v) is 10.1. The van der Waals surface area contributed by atoms with Gasteiger partial charge in [0, 0.05) is 38.6 Å². The molecule has 34 heavy (non-hydrogen) atoms. The van der Waals surface area contributed by atoms with Crippen molar-refractivity contribution < 1.29 is 24.2 Å². The monoisotopic (exact) mass is 477 g/mol. The summed E-state index contributed by atoms with van der Waals surface area (Å²) < 4.78 is 14.4. The Morgan fingerprint density at radius 1 is 1.00 bits per heavy atom. The van der Waals surface area contributed by atoms with Crippen LogP contribution in [0.3, 0.4) is 0 Å². The number of Topliss-reactive ketones (excluding diaryl/α,β-unsaturated/α-hetero) is 2. The van der Waals surface area contributed by atoms with Crippen LogP contribution in [0.1, 0.15) is 121 Å². The molecule has 0 saturated carbocycles. The van der Waals surface area contributed by atoms with Crippen molar-refractivity contribution in [3.05, 3.63) is 11.9 Å². The van der Waals surface area contributed by atoms with E-state index in [9.17, 15) is 14.7 Å². The third-order valence-electron chi connectivity index (χ3n) is 7.03. The fraction of sp³-hybridized carbons (Fsp3) is 0.846. The molecule has 0 aliphatic carbocycles. The van der Waals surface area contributed by atoms with E-state index in [2.05, 4.69) is 10.3 Å². The molecular formula is C26H43N3O5. The second kappa shape index (κ2) is 14.0. The maximum absolute atomic E-state index is 11.7. The average Bonchev–Trinajstić information content (AvgIpc) is 3.31. The van der Waals surface area contributed by atoms with Gasteiger partial charge in [-0.05, 0) is 45.4 Å². The Balaban J connectivity index is 1.26. The predicted octanol–water partition coefficient (Wildman–Crippen LogP) is 4.84. The minimum Gasteiger partial charge on any atom is -0.394 e. The summed E-state index contributed by atoms with van der Waals surface area (Å²) in [6.45, 7) is 2.45. The van der Waals surface area contributed by atoms with E-state index < -0.39 is 5.79 Å². The molecule has 2 aliphatic rings. The molecule has 0 aromatic carbocycles. The maximum atomic E-state index is 11.7. The molecule has 0 amide bonds. The molecule has 8 nitrogen and oxygen atoms in total. The summed E-state index contributed by atoms with van der Waals surface area (Å²) >= 11 is 0. The predicted molar refractivity (Wildman–Crippen MR) is 128 cm³/mol. The number of aryl methyl sites for hydroxylation is 1. The van der Waals surface area contributed by atoms with Gasteiger partial charge < -0.3 is 19.4 Å². The first-order valence-electron chi connectivity index (χ1n) is 13.4. The summed E-state index contributed by atoms with van der Waals surface area (Å²) in [5.74, 6) is -0.255. The van der Waals surface area contributed by atoms with Crippen LogP contribution in [0.25, 0.3) is 0 Å². The van der Waals surface area contributed by atoms with E-state index in [1.807, 2.05) is 10.9 Å². The van der Waals surface area contributed by atoms with E-state index in [0.29, 0.717) is 19.3 Å². The Morgan fingerprint density at radius 2 is 1.71 bits per heavy atom. The molecule has 0 bridgehead atoms. The Bertz CT molecular complexity index is 763. The zero-order chi connectivity index (χ0) is 24.2. The van der Waals surface area contributed by atoms with Gasteiger partial charge in [-0.3, -0.25) is 9.48 Å². The Morgan fingerprint density at radius 3 is 2.44 bits per heavy atom. The van der Waals surface area contributed by atoms with Crippen LogP contribution in [-0.4, -0.2) is 50.2 Å². The standard InChI is InChI=1S/C26H43N3O5/c1-21(31)14-15-22(32)11-7-5-3-2-4-6-8-18-29-19-24(27-28-29)25-13-10-17-26(34-25)16-9-12-23(20-30)33-26/h19,23,25,30H,2-18,20H2,1H3/t23-,25-,26-/m0/s1. The number of ether oxygens (including phenoxy) is 2. The zero-order valence-electron chi connectivity index (χ0n) is 20.9. The summed E-state index contributed by atoms with van der Waals surface area (Å²) in [5, 5.41) is 18.2. The van der Waals surface area contributed by atoms with Gasteiger partial charge in [-0.2, -0.15) is 0 Å². The van der Waals surface area contributed by atoms with Crippen molar-refractivity contribution in [1.82, 2.24) is 15.0 Å². The molecule has 3 atom stereocenters. The van der Waals surface area contributed by atoms with Crippen molar-refractivity contribution in [2.45, 2.75) is 134 Å². The summed E-state index contributed by atoms with van der Waals surface area (Å²) in [6, 6.07) is 0. The number of hydrogen-bond acceptors (Lipinski definition) is 7. The van der Waals surface area contributed by atoms with E-state index in [-0.39, 0.29) is 30.4 Å². The van der Waals surface area contributed by atoms with Crippen molar-refractivity contribution >= 4 is 11.6 Å². The quantitative estimate of drug-likeness (QED) is 0.361. The Kier molecular flexibility index (Phi) is 11.1. The topological polar surface area (TPSA) is 104 Å². The fourth-order valence-corrected chi connectivity index (χ4v) is 5.05. The van der Waals surface area contributed by atoms with E-state index in [1.165, 1.54) is 19.8 Å². The van der Waals surface area contributed by atoms with Crippen molar-refractivity contribution in [1.29, 1.82) is 0 Å². The van der Waals surface area contributed by atoms with Crippen LogP contribution in [-0.2, 0) is 25.6 Å². The number of rotatable bonds is 15. The smallest absolute Gasteiger partial charge is 0.169 e. The van der Waals surface area contributed by atoms with Crippen LogP contribution in [0, 0.1) is 0 Å². The maximum Gasteiger partial charge on any atom is 0.169 e. The van der Waals surface area contributed by atoms with Crippen LogP contribution in [0.15, 0.2) is 6.20 Å². The molecule has 2 fully saturated rings. The summed E-state index contributed by atoms with van der Waals surface area (Å²) in [6.07, 6.45) is 16.6. The van der Waals surface area contributed by atoms with Crippen LogP contribution in [0.2, 0.25) is 0 Å². The van der Waals surface area contributed by atoms with E-state index in [0.717, 1.165) is 82.9 Å². The van der Waals surface area contributed by atoms with E-state index in [1.54, 1.807) is 0 Å². The minimum absolute atomic E-state index is 0.0495. The van der Waals surface area contributed by atoms with Gasteiger partial charge in [0.15, 0.2) is 5.79 Å². The molecule has 0 radical (unpaired) electrons. The van der Waals surface area contributed by atoms with Gasteiger partial charge in [0.25, 0.3) is 0 Å². The molecular weight excluding hydrogens is 434 g/mol. The van der Waals surface area contributed by atoms with Gasteiger partial charge in [-0.25, -0.2) is 0 Å². The average molecular weight is 478 g/mol.